The van der Waals surface area contributed by atoms with Gasteiger partial charge >= 0.3 is 0 Å². The fourth-order valence-electron chi connectivity index (χ4n) is 0.566. The van der Waals surface area contributed by atoms with Crippen LogP contribution in [-0.2, 0) is 0 Å². The maximum atomic E-state index is 4.03. The van der Waals surface area contributed by atoms with E-state index >= 15 is 0 Å². The Morgan fingerprint density at radius 1 is 1.58 bits per heavy atom. The molecule has 0 saturated carbocycles. The second kappa shape index (κ2) is 6.67. The van der Waals surface area contributed by atoms with E-state index in [1.165, 1.54) is 11.5 Å². The molecule has 0 unspecified atom stereocenters. The summed E-state index contributed by atoms with van der Waals surface area (Å²) in [6.07, 6.45) is 3.38. The predicted molar refractivity (Wildman–Crippen MR) is 56.5 cm³/mol. The quantitative estimate of drug-likeness (QED) is 0.648. The Labute approximate surface area is 77.1 Å². The van der Waals surface area contributed by atoms with E-state index in [4.69, 9.17) is 0 Å². The minimum absolute atomic E-state index is 0.776. The zero-order valence-corrected chi connectivity index (χ0v) is 8.43. The molecular weight excluding hydrogens is 170 g/mol. The van der Waals surface area contributed by atoms with Crippen LogP contribution in [-0.4, -0.2) is 17.3 Å². The van der Waals surface area contributed by atoms with Gasteiger partial charge in [0.05, 0.1) is 6.20 Å². The summed E-state index contributed by atoms with van der Waals surface area (Å²) in [4.78, 5) is 7.77. The van der Waals surface area contributed by atoms with Crippen molar-refractivity contribution in [2.75, 3.05) is 0 Å². The molecule has 0 radical (unpaired) electrons. The number of aromatic nitrogens is 1. The van der Waals surface area contributed by atoms with Gasteiger partial charge in [-0.2, -0.15) is 4.37 Å². The Hall–Kier alpha value is -1.03. The third-order valence-electron chi connectivity index (χ3n) is 0.945. The van der Waals surface area contributed by atoms with Crippen molar-refractivity contribution in [2.24, 2.45) is 9.98 Å². The molecule has 0 spiro atoms. The molecule has 0 aromatic carbocycles. The first-order valence-corrected chi connectivity index (χ1v) is 4.56. The van der Waals surface area contributed by atoms with E-state index in [0.717, 1.165) is 10.7 Å². The van der Waals surface area contributed by atoms with Crippen molar-refractivity contribution in [3.05, 3.63) is 6.20 Å². The highest BCUT2D eigenvalue weighted by Crippen LogP contribution is 2.30. The molecule has 12 heavy (non-hydrogen) atoms. The molecule has 1 heterocycles. The van der Waals surface area contributed by atoms with Crippen molar-refractivity contribution < 1.29 is 0 Å². The Kier molecular flexibility index (Phi) is 6.09. The lowest BCUT2D eigenvalue weighted by Gasteiger charge is -1.84. The maximum Gasteiger partial charge on any atom is 0.161 e. The van der Waals surface area contributed by atoms with E-state index in [9.17, 15) is 0 Å². The van der Waals surface area contributed by atoms with Gasteiger partial charge in [0.25, 0.3) is 0 Å². The fourth-order valence-corrected chi connectivity index (χ4v) is 1.07. The first-order valence-electron chi connectivity index (χ1n) is 3.78. The first-order chi connectivity index (χ1) is 5.88. The summed E-state index contributed by atoms with van der Waals surface area (Å²) < 4.78 is 3.91. The zero-order chi connectivity index (χ0) is 9.40. The molecule has 0 aliphatic carbocycles. The van der Waals surface area contributed by atoms with Crippen molar-refractivity contribution in [1.82, 2.24) is 4.37 Å². The normalized spacial score (nSPS) is 9.25. The van der Waals surface area contributed by atoms with Gasteiger partial charge in [0.15, 0.2) is 5.00 Å². The SMILES string of the molecule is C=Nc1sncc1N=CC.CC. The minimum Gasteiger partial charge on any atom is -0.257 e. The second-order valence-corrected chi connectivity index (χ2v) is 2.34. The number of hydrogen-bond donors (Lipinski definition) is 0. The average Bonchev–Trinajstić information content (AvgIpc) is 2.56. The number of rotatable bonds is 2. The monoisotopic (exact) mass is 183 g/mol. The maximum absolute atomic E-state index is 4.03. The van der Waals surface area contributed by atoms with Crippen LogP contribution in [0.3, 0.4) is 0 Å². The topological polar surface area (TPSA) is 37.6 Å². The van der Waals surface area contributed by atoms with Crippen LogP contribution in [0.1, 0.15) is 20.8 Å². The van der Waals surface area contributed by atoms with Gasteiger partial charge in [-0.3, -0.25) is 9.98 Å². The smallest absolute Gasteiger partial charge is 0.161 e. The third-order valence-corrected chi connectivity index (χ3v) is 1.67. The van der Waals surface area contributed by atoms with Crippen LogP contribution in [0.4, 0.5) is 10.7 Å². The highest BCUT2D eigenvalue weighted by molar-refractivity contribution is 7.10. The second-order valence-electron chi connectivity index (χ2n) is 1.56. The van der Waals surface area contributed by atoms with Crippen LogP contribution in [0.2, 0.25) is 0 Å². The summed E-state index contributed by atoms with van der Waals surface area (Å²) in [5.74, 6) is 0. The molecule has 0 saturated heterocycles. The van der Waals surface area contributed by atoms with Crippen LogP contribution >= 0.6 is 11.5 Å². The Balaban J connectivity index is 0.000000561. The van der Waals surface area contributed by atoms with Crippen molar-refractivity contribution in [2.45, 2.75) is 20.8 Å². The largest absolute Gasteiger partial charge is 0.257 e. The minimum atomic E-state index is 0.776. The molecule has 0 amide bonds. The highest BCUT2D eigenvalue weighted by Gasteiger charge is 1.98. The van der Waals surface area contributed by atoms with E-state index < -0.39 is 0 Å². The van der Waals surface area contributed by atoms with E-state index in [0.29, 0.717) is 0 Å². The molecule has 0 N–H and O–H groups in total. The predicted octanol–water partition coefficient (Wildman–Crippen LogP) is 3.22. The molecule has 1 rings (SSSR count). The van der Waals surface area contributed by atoms with Crippen LogP contribution in [0, 0.1) is 0 Å². The van der Waals surface area contributed by atoms with E-state index in [-0.39, 0.29) is 0 Å². The van der Waals surface area contributed by atoms with Crippen molar-refractivity contribution in [3.63, 3.8) is 0 Å². The van der Waals surface area contributed by atoms with Crippen molar-refractivity contribution in [1.29, 1.82) is 0 Å². The number of nitrogens with zero attached hydrogens (tertiary/aromatic N) is 3. The highest BCUT2D eigenvalue weighted by atomic mass is 32.1. The van der Waals surface area contributed by atoms with Gasteiger partial charge in [-0.1, -0.05) is 13.8 Å². The Morgan fingerprint density at radius 3 is 2.75 bits per heavy atom. The summed E-state index contributed by atoms with van der Waals surface area (Å²) in [6.45, 7) is 9.24. The summed E-state index contributed by atoms with van der Waals surface area (Å²) in [7, 11) is 0. The summed E-state index contributed by atoms with van der Waals surface area (Å²) >= 11 is 1.30. The summed E-state index contributed by atoms with van der Waals surface area (Å²) in [5.41, 5.74) is 0.794. The summed E-state index contributed by atoms with van der Waals surface area (Å²) in [6, 6.07) is 0. The molecule has 0 atom stereocenters. The van der Waals surface area contributed by atoms with Gasteiger partial charge in [0.1, 0.15) is 5.69 Å². The Morgan fingerprint density at radius 2 is 2.25 bits per heavy atom. The lowest BCUT2D eigenvalue weighted by Crippen LogP contribution is -1.57. The first kappa shape index (κ1) is 11.0. The molecule has 3 nitrogen and oxygen atoms in total. The van der Waals surface area contributed by atoms with Gasteiger partial charge in [0, 0.05) is 6.21 Å². The molecule has 0 fully saturated rings. The van der Waals surface area contributed by atoms with E-state index in [1.807, 2.05) is 20.8 Å². The van der Waals surface area contributed by atoms with Crippen molar-refractivity contribution >= 4 is 35.2 Å². The lowest BCUT2D eigenvalue weighted by molar-refractivity contribution is 1.48. The summed E-state index contributed by atoms with van der Waals surface area (Å²) in [5, 5.41) is 0.776. The molecule has 1 aromatic heterocycles. The standard InChI is InChI=1S/C6H7N3S.C2H6/c1-3-8-5-4-9-10-6(5)7-2;1-2/h3-4H,2H2,1H3;1-2H3. The van der Waals surface area contributed by atoms with Crippen LogP contribution in [0.15, 0.2) is 16.2 Å². The molecule has 0 aliphatic rings. The number of aliphatic imine (C=N–C) groups is 2. The van der Waals surface area contributed by atoms with Crippen LogP contribution in [0.25, 0.3) is 0 Å². The fraction of sp³-hybridized carbons (Fsp3) is 0.375. The molecular formula is C8H13N3S. The molecule has 66 valence electrons. The van der Waals surface area contributed by atoms with Gasteiger partial charge < -0.3 is 0 Å². The van der Waals surface area contributed by atoms with Gasteiger partial charge in [-0.25, -0.2) is 0 Å². The van der Waals surface area contributed by atoms with E-state index in [2.05, 4.69) is 21.1 Å². The van der Waals surface area contributed by atoms with Gasteiger partial charge in [0.2, 0.25) is 0 Å². The van der Waals surface area contributed by atoms with Gasteiger partial charge in [-0.15, -0.1) is 0 Å². The van der Waals surface area contributed by atoms with Crippen LogP contribution in [0.5, 0.6) is 0 Å². The molecule has 0 aliphatic heterocycles. The van der Waals surface area contributed by atoms with E-state index in [1.54, 1.807) is 12.4 Å². The molecule has 0 bridgehead atoms. The number of hydrogen-bond acceptors (Lipinski definition) is 4. The Bertz CT molecular complexity index is 253. The zero-order valence-electron chi connectivity index (χ0n) is 7.61. The molecule has 4 heteroatoms. The third kappa shape index (κ3) is 2.92. The average molecular weight is 183 g/mol. The van der Waals surface area contributed by atoms with Gasteiger partial charge in [-0.05, 0) is 25.2 Å². The van der Waals surface area contributed by atoms with Crippen LogP contribution < -0.4 is 0 Å². The van der Waals surface area contributed by atoms with Crippen molar-refractivity contribution in [3.8, 4) is 0 Å². The lowest BCUT2D eigenvalue weighted by atomic mass is 10.5. The molecule has 1 aromatic rings.